The first kappa shape index (κ1) is 13.7. The van der Waals surface area contributed by atoms with Crippen molar-refractivity contribution < 1.29 is 18.8 Å². The molecule has 0 atom stereocenters. The summed E-state index contributed by atoms with van der Waals surface area (Å²) in [6, 6.07) is 2.00. The fourth-order valence-electron chi connectivity index (χ4n) is 1.02. The van der Waals surface area contributed by atoms with Crippen molar-refractivity contribution in [2.45, 2.75) is 6.92 Å². The first-order chi connectivity index (χ1) is 7.95. The van der Waals surface area contributed by atoms with Gasteiger partial charge in [-0.05, 0) is 12.1 Å². The van der Waals surface area contributed by atoms with Gasteiger partial charge in [0, 0.05) is 6.92 Å². The van der Waals surface area contributed by atoms with Gasteiger partial charge in [0.15, 0.2) is 11.5 Å². The molecule has 7 heteroatoms. The van der Waals surface area contributed by atoms with Crippen molar-refractivity contribution in [3.05, 3.63) is 28.5 Å². The Morgan fingerprint density at radius 1 is 1.47 bits per heavy atom. The summed E-state index contributed by atoms with van der Waals surface area (Å²) in [5.41, 5.74) is 1.77. The summed E-state index contributed by atoms with van der Waals surface area (Å²) in [7, 11) is 0. The second kappa shape index (κ2) is 5.84. The molecular weight excluding hydrogens is 272 g/mol. The maximum atomic E-state index is 13.4. The van der Waals surface area contributed by atoms with E-state index in [1.807, 2.05) is 5.48 Å². The van der Waals surface area contributed by atoms with Crippen molar-refractivity contribution in [3.8, 4) is 5.75 Å². The number of hydroxylamine groups is 1. The van der Waals surface area contributed by atoms with Crippen molar-refractivity contribution in [2.24, 2.45) is 0 Å². The van der Waals surface area contributed by atoms with Crippen LogP contribution in [0.4, 0.5) is 4.39 Å². The number of carbonyl (C=O) groups excluding carboxylic acids is 2. The van der Waals surface area contributed by atoms with Crippen LogP contribution in [0.1, 0.15) is 17.3 Å². The summed E-state index contributed by atoms with van der Waals surface area (Å²) in [5.74, 6) is -2.25. The number of alkyl halides is 1. The molecule has 0 saturated heterocycles. The Morgan fingerprint density at radius 2 is 2.12 bits per heavy atom. The first-order valence-corrected chi connectivity index (χ1v) is 5.38. The zero-order valence-electron chi connectivity index (χ0n) is 8.72. The molecule has 0 radical (unpaired) electrons. The van der Waals surface area contributed by atoms with Gasteiger partial charge in [0.25, 0.3) is 0 Å². The third-order valence-electron chi connectivity index (χ3n) is 1.75. The van der Waals surface area contributed by atoms with Gasteiger partial charge in [0.05, 0.1) is 16.5 Å². The van der Waals surface area contributed by atoms with E-state index in [1.54, 1.807) is 0 Å². The van der Waals surface area contributed by atoms with Crippen LogP contribution in [-0.4, -0.2) is 17.6 Å². The number of hydrogen-bond donors (Lipinski definition) is 1. The lowest BCUT2D eigenvalue weighted by molar-refractivity contribution is -0.125. The van der Waals surface area contributed by atoms with Crippen LogP contribution < -0.4 is 10.3 Å². The minimum atomic E-state index is -0.796. The lowest BCUT2D eigenvalue weighted by Crippen LogP contribution is -2.24. The van der Waals surface area contributed by atoms with E-state index >= 15 is 0 Å². The Bertz CT molecular complexity index is 465. The van der Waals surface area contributed by atoms with Crippen molar-refractivity contribution in [1.29, 1.82) is 0 Å². The van der Waals surface area contributed by atoms with E-state index in [-0.39, 0.29) is 22.2 Å². The van der Waals surface area contributed by atoms with Crippen molar-refractivity contribution in [3.63, 3.8) is 0 Å². The molecule has 1 rings (SSSR count). The van der Waals surface area contributed by atoms with Crippen LogP contribution in [0.3, 0.4) is 0 Å². The van der Waals surface area contributed by atoms with Crippen LogP contribution in [0, 0.1) is 5.82 Å². The van der Waals surface area contributed by atoms with E-state index in [9.17, 15) is 14.0 Å². The van der Waals surface area contributed by atoms with E-state index in [1.165, 1.54) is 6.92 Å². The molecule has 0 aliphatic carbocycles. The molecule has 0 unspecified atom stereocenters. The van der Waals surface area contributed by atoms with E-state index in [0.29, 0.717) is 0 Å². The predicted molar refractivity (Wildman–Crippen MR) is 60.9 cm³/mol. The number of ketones is 1. The van der Waals surface area contributed by atoms with Crippen molar-refractivity contribution >= 4 is 34.9 Å². The summed E-state index contributed by atoms with van der Waals surface area (Å²) in [6.07, 6.45) is 0. The Kier molecular flexibility index (Phi) is 4.72. The fraction of sp³-hybridized carbons (Fsp3) is 0.200. The molecule has 0 fully saturated rings. The second-order valence-corrected chi connectivity index (χ2v) is 3.75. The third-order valence-corrected chi connectivity index (χ3v) is 2.29. The van der Waals surface area contributed by atoms with Crippen LogP contribution in [-0.2, 0) is 4.79 Å². The number of amides is 1. The molecule has 92 valence electrons. The van der Waals surface area contributed by atoms with Gasteiger partial charge in [-0.2, -0.15) is 5.48 Å². The molecule has 1 aromatic rings. The van der Waals surface area contributed by atoms with Gasteiger partial charge in [-0.25, -0.2) is 4.39 Å². The summed E-state index contributed by atoms with van der Waals surface area (Å²) in [6.45, 7) is 1.22. The number of halogens is 3. The Labute approximate surface area is 107 Å². The average Bonchev–Trinajstić information content (AvgIpc) is 2.26. The van der Waals surface area contributed by atoms with Gasteiger partial charge in [0.2, 0.25) is 5.91 Å². The molecule has 0 aliphatic rings. The molecule has 4 nitrogen and oxygen atoms in total. The van der Waals surface area contributed by atoms with Crippen LogP contribution >= 0.6 is 23.2 Å². The third kappa shape index (κ3) is 3.57. The molecule has 0 aromatic heterocycles. The zero-order chi connectivity index (χ0) is 13.0. The van der Waals surface area contributed by atoms with Gasteiger partial charge in [-0.15, -0.1) is 11.6 Å². The first-order valence-electron chi connectivity index (χ1n) is 4.47. The maximum Gasteiger partial charge on any atom is 0.249 e. The molecule has 1 amide bonds. The second-order valence-electron chi connectivity index (χ2n) is 3.08. The fourth-order valence-corrected chi connectivity index (χ4v) is 1.35. The zero-order valence-corrected chi connectivity index (χ0v) is 10.2. The van der Waals surface area contributed by atoms with Gasteiger partial charge in [0.1, 0.15) is 5.82 Å². The van der Waals surface area contributed by atoms with Crippen molar-refractivity contribution in [2.75, 3.05) is 5.88 Å². The van der Waals surface area contributed by atoms with Gasteiger partial charge >= 0.3 is 0 Å². The standard InChI is InChI=1S/C10H8Cl2FNO3/c1-5(15)14-17-10-2-6(9(16)4-11)8(13)3-7(10)12/h2-3H,4H2,1H3,(H,14,15). The quantitative estimate of drug-likeness (QED) is 0.523. The lowest BCUT2D eigenvalue weighted by atomic mass is 10.1. The molecule has 0 saturated carbocycles. The number of benzene rings is 1. The molecule has 1 aromatic carbocycles. The van der Waals surface area contributed by atoms with Crippen LogP contribution in [0.5, 0.6) is 5.75 Å². The Balaban J connectivity index is 3.05. The number of Topliss-reactive ketones (excluding diaryl/α,β-unsaturated/α-hetero) is 1. The van der Waals surface area contributed by atoms with Crippen LogP contribution in [0.25, 0.3) is 0 Å². The Morgan fingerprint density at radius 3 is 2.65 bits per heavy atom. The average molecular weight is 280 g/mol. The monoisotopic (exact) mass is 279 g/mol. The normalized spacial score (nSPS) is 9.88. The van der Waals surface area contributed by atoms with Gasteiger partial charge in [-0.1, -0.05) is 11.6 Å². The maximum absolute atomic E-state index is 13.4. The van der Waals surface area contributed by atoms with E-state index in [0.717, 1.165) is 12.1 Å². The summed E-state index contributed by atoms with van der Waals surface area (Å²) in [5, 5.41) is -0.0672. The SMILES string of the molecule is CC(=O)NOc1cc(C(=O)CCl)c(F)cc1Cl. The highest BCUT2D eigenvalue weighted by molar-refractivity contribution is 6.33. The molecule has 0 heterocycles. The van der Waals surface area contributed by atoms with Crippen LogP contribution in [0.15, 0.2) is 12.1 Å². The molecular formula is C10H8Cl2FNO3. The van der Waals surface area contributed by atoms with E-state index in [4.69, 9.17) is 28.0 Å². The smallest absolute Gasteiger partial charge is 0.249 e. The molecule has 0 spiro atoms. The number of hydrogen-bond acceptors (Lipinski definition) is 3. The minimum Gasteiger partial charge on any atom is -0.378 e. The van der Waals surface area contributed by atoms with Crippen molar-refractivity contribution in [1.82, 2.24) is 5.48 Å². The van der Waals surface area contributed by atoms with Gasteiger partial charge < -0.3 is 4.84 Å². The topological polar surface area (TPSA) is 55.4 Å². The predicted octanol–water partition coefficient (Wildman–Crippen LogP) is 2.33. The number of rotatable bonds is 4. The largest absolute Gasteiger partial charge is 0.378 e. The summed E-state index contributed by atoms with van der Waals surface area (Å²) in [4.78, 5) is 26.7. The lowest BCUT2D eigenvalue weighted by Gasteiger charge is -2.08. The highest BCUT2D eigenvalue weighted by atomic mass is 35.5. The number of carbonyl (C=O) groups is 2. The summed E-state index contributed by atoms with van der Waals surface area (Å²) < 4.78 is 13.4. The molecule has 17 heavy (non-hydrogen) atoms. The highest BCUT2D eigenvalue weighted by Crippen LogP contribution is 2.27. The molecule has 0 aliphatic heterocycles. The van der Waals surface area contributed by atoms with Gasteiger partial charge in [-0.3, -0.25) is 9.59 Å². The van der Waals surface area contributed by atoms with E-state index < -0.39 is 17.5 Å². The molecule has 0 bridgehead atoms. The van der Waals surface area contributed by atoms with E-state index in [2.05, 4.69) is 0 Å². The molecule has 1 N–H and O–H groups in total. The number of nitrogens with one attached hydrogen (secondary N) is 1. The minimum absolute atomic E-state index is 0.0308. The Hall–Kier alpha value is -1.33. The summed E-state index contributed by atoms with van der Waals surface area (Å²) >= 11 is 11.0. The van der Waals surface area contributed by atoms with Crippen LogP contribution in [0.2, 0.25) is 5.02 Å². The highest BCUT2D eigenvalue weighted by Gasteiger charge is 2.15.